The zero-order chi connectivity index (χ0) is 20.5. The van der Waals surface area contributed by atoms with Gasteiger partial charge in [-0.2, -0.15) is 0 Å². The van der Waals surface area contributed by atoms with Crippen molar-refractivity contribution in [2.45, 2.75) is 20.0 Å². The van der Waals surface area contributed by atoms with Gasteiger partial charge in [-0.05, 0) is 18.6 Å². The number of hydrogen-bond donors (Lipinski definition) is 2. The Morgan fingerprint density at radius 2 is 1.43 bits per heavy atom. The molecular formula is C21H29N3O4. The highest BCUT2D eigenvalue weighted by atomic mass is 16.5. The van der Waals surface area contributed by atoms with Gasteiger partial charge in [0, 0.05) is 31.3 Å². The van der Waals surface area contributed by atoms with Crippen molar-refractivity contribution in [3.63, 3.8) is 0 Å². The van der Waals surface area contributed by atoms with E-state index < -0.39 is 0 Å². The average Bonchev–Trinajstić information content (AvgIpc) is 2.73. The summed E-state index contributed by atoms with van der Waals surface area (Å²) in [6.07, 6.45) is 0. The maximum absolute atomic E-state index is 5.49. The van der Waals surface area contributed by atoms with E-state index in [2.05, 4.69) is 21.7 Å². The van der Waals surface area contributed by atoms with Crippen molar-refractivity contribution >= 4 is 5.96 Å². The smallest absolute Gasteiger partial charge is 0.191 e. The van der Waals surface area contributed by atoms with E-state index in [0.29, 0.717) is 36.3 Å². The minimum Gasteiger partial charge on any atom is -0.496 e. The van der Waals surface area contributed by atoms with Crippen LogP contribution in [0.5, 0.6) is 23.0 Å². The van der Waals surface area contributed by atoms with Gasteiger partial charge in [-0.25, -0.2) is 0 Å². The maximum Gasteiger partial charge on any atom is 0.191 e. The third-order valence-corrected chi connectivity index (χ3v) is 4.36. The molecule has 0 unspecified atom stereocenters. The zero-order valence-electron chi connectivity index (χ0n) is 17.4. The number of guanidine groups is 1. The van der Waals surface area contributed by atoms with E-state index >= 15 is 0 Å². The lowest BCUT2D eigenvalue weighted by Gasteiger charge is -2.18. The molecule has 0 heterocycles. The Balaban J connectivity index is 2.09. The SMILES string of the molecule is CN=C(NCc1ccc(C)cc1OC)NCc1c(OC)cc(OC)cc1OC. The standard InChI is InChI=1S/C21H29N3O4/c1-14-7-8-15(18(9-14)26-4)12-23-21(22-2)24-13-17-19(27-5)10-16(25-3)11-20(17)28-6/h7-11H,12-13H2,1-6H3,(H2,22,23,24). The molecule has 2 aromatic rings. The highest BCUT2D eigenvalue weighted by Gasteiger charge is 2.14. The lowest BCUT2D eigenvalue weighted by molar-refractivity contribution is 0.368. The second kappa shape index (κ2) is 10.3. The van der Waals surface area contributed by atoms with Gasteiger partial charge in [0.25, 0.3) is 0 Å². The van der Waals surface area contributed by atoms with Crippen LogP contribution in [0.4, 0.5) is 0 Å². The average molecular weight is 387 g/mol. The van der Waals surface area contributed by atoms with E-state index in [4.69, 9.17) is 18.9 Å². The molecule has 7 heteroatoms. The molecule has 2 N–H and O–H groups in total. The summed E-state index contributed by atoms with van der Waals surface area (Å²) in [5.41, 5.74) is 3.08. The second-order valence-corrected chi connectivity index (χ2v) is 6.11. The van der Waals surface area contributed by atoms with Gasteiger partial charge in [0.2, 0.25) is 0 Å². The number of aryl methyl sites for hydroxylation is 1. The Morgan fingerprint density at radius 3 is 1.96 bits per heavy atom. The van der Waals surface area contributed by atoms with E-state index in [1.54, 1.807) is 35.5 Å². The Kier molecular flexibility index (Phi) is 7.80. The monoisotopic (exact) mass is 387 g/mol. The molecule has 152 valence electrons. The highest BCUT2D eigenvalue weighted by Crippen LogP contribution is 2.33. The van der Waals surface area contributed by atoms with Crippen molar-refractivity contribution < 1.29 is 18.9 Å². The molecule has 0 spiro atoms. The van der Waals surface area contributed by atoms with Crippen LogP contribution in [0.3, 0.4) is 0 Å². The number of methoxy groups -OCH3 is 4. The van der Waals surface area contributed by atoms with Gasteiger partial charge < -0.3 is 29.6 Å². The Hall–Kier alpha value is -3.09. The minimum absolute atomic E-state index is 0.473. The summed E-state index contributed by atoms with van der Waals surface area (Å²) < 4.78 is 21.7. The maximum atomic E-state index is 5.49. The summed E-state index contributed by atoms with van der Waals surface area (Å²) in [5, 5.41) is 6.59. The summed E-state index contributed by atoms with van der Waals surface area (Å²) >= 11 is 0. The zero-order valence-corrected chi connectivity index (χ0v) is 17.4. The molecule has 7 nitrogen and oxygen atoms in total. The molecule has 0 fully saturated rings. The summed E-state index contributed by atoms with van der Waals surface area (Å²) in [4.78, 5) is 4.28. The summed E-state index contributed by atoms with van der Waals surface area (Å²) in [7, 11) is 8.25. The quantitative estimate of drug-likeness (QED) is 0.536. The first-order valence-corrected chi connectivity index (χ1v) is 8.93. The van der Waals surface area contributed by atoms with Crippen LogP contribution in [0.1, 0.15) is 16.7 Å². The van der Waals surface area contributed by atoms with Crippen molar-refractivity contribution in [1.29, 1.82) is 0 Å². The Bertz CT molecular complexity index is 796. The van der Waals surface area contributed by atoms with Gasteiger partial charge in [-0.3, -0.25) is 4.99 Å². The van der Waals surface area contributed by atoms with E-state index in [1.165, 1.54) is 0 Å². The molecule has 0 atom stereocenters. The van der Waals surface area contributed by atoms with Gasteiger partial charge >= 0.3 is 0 Å². The minimum atomic E-state index is 0.473. The molecule has 2 rings (SSSR count). The number of aliphatic imine (C=N–C) groups is 1. The van der Waals surface area contributed by atoms with Gasteiger partial charge in [-0.15, -0.1) is 0 Å². The fourth-order valence-electron chi connectivity index (χ4n) is 2.82. The normalized spacial score (nSPS) is 11.0. The van der Waals surface area contributed by atoms with Crippen LogP contribution in [0.2, 0.25) is 0 Å². The third kappa shape index (κ3) is 5.22. The first kappa shape index (κ1) is 21.2. The molecule has 0 aliphatic rings. The summed E-state index contributed by atoms with van der Waals surface area (Å²) in [6.45, 7) is 3.09. The van der Waals surface area contributed by atoms with Crippen molar-refractivity contribution in [2.24, 2.45) is 4.99 Å². The number of nitrogens with zero attached hydrogens (tertiary/aromatic N) is 1. The third-order valence-electron chi connectivity index (χ3n) is 4.36. The number of ether oxygens (including phenoxy) is 4. The van der Waals surface area contributed by atoms with Crippen LogP contribution in [0.25, 0.3) is 0 Å². The van der Waals surface area contributed by atoms with Crippen LogP contribution in [0, 0.1) is 6.92 Å². The van der Waals surface area contributed by atoms with Crippen LogP contribution in [-0.4, -0.2) is 41.4 Å². The molecule has 0 saturated heterocycles. The fraction of sp³-hybridized carbons (Fsp3) is 0.381. The highest BCUT2D eigenvalue weighted by molar-refractivity contribution is 5.79. The fourth-order valence-corrected chi connectivity index (χ4v) is 2.82. The Morgan fingerprint density at radius 1 is 0.821 bits per heavy atom. The van der Waals surface area contributed by atoms with E-state index in [9.17, 15) is 0 Å². The molecule has 0 aromatic heterocycles. The molecule has 0 bridgehead atoms. The van der Waals surface area contributed by atoms with Crippen molar-refractivity contribution in [2.75, 3.05) is 35.5 Å². The summed E-state index contributed by atoms with van der Waals surface area (Å²) in [6, 6.07) is 9.77. The number of hydrogen-bond acceptors (Lipinski definition) is 5. The van der Waals surface area contributed by atoms with Gasteiger partial charge in [0.15, 0.2) is 5.96 Å². The lowest BCUT2D eigenvalue weighted by atomic mass is 10.1. The van der Waals surface area contributed by atoms with Gasteiger partial charge in [-0.1, -0.05) is 12.1 Å². The largest absolute Gasteiger partial charge is 0.496 e. The van der Waals surface area contributed by atoms with E-state index in [0.717, 1.165) is 22.4 Å². The molecular weight excluding hydrogens is 358 g/mol. The molecule has 0 aliphatic carbocycles. The molecule has 0 radical (unpaired) electrons. The number of benzene rings is 2. The molecule has 0 saturated carbocycles. The number of rotatable bonds is 8. The summed E-state index contributed by atoms with van der Waals surface area (Å²) in [5.74, 6) is 3.54. The van der Waals surface area contributed by atoms with Crippen molar-refractivity contribution in [3.8, 4) is 23.0 Å². The van der Waals surface area contributed by atoms with Crippen LogP contribution in [0.15, 0.2) is 35.3 Å². The second-order valence-electron chi connectivity index (χ2n) is 6.11. The van der Waals surface area contributed by atoms with Gasteiger partial charge in [0.1, 0.15) is 23.0 Å². The van der Waals surface area contributed by atoms with Crippen LogP contribution < -0.4 is 29.6 Å². The topological polar surface area (TPSA) is 73.3 Å². The number of nitrogens with one attached hydrogen (secondary N) is 2. The lowest BCUT2D eigenvalue weighted by Crippen LogP contribution is -2.36. The van der Waals surface area contributed by atoms with E-state index in [-0.39, 0.29) is 0 Å². The van der Waals surface area contributed by atoms with E-state index in [1.807, 2.05) is 31.2 Å². The molecule has 2 aromatic carbocycles. The van der Waals surface area contributed by atoms with Crippen molar-refractivity contribution in [3.05, 3.63) is 47.0 Å². The molecule has 0 aliphatic heterocycles. The predicted octanol–water partition coefficient (Wildman–Crippen LogP) is 2.89. The Labute approximate surface area is 166 Å². The molecule has 28 heavy (non-hydrogen) atoms. The van der Waals surface area contributed by atoms with Gasteiger partial charge in [0.05, 0.1) is 40.5 Å². The van der Waals surface area contributed by atoms with Crippen LogP contribution in [-0.2, 0) is 13.1 Å². The first-order valence-electron chi connectivity index (χ1n) is 8.93. The van der Waals surface area contributed by atoms with Crippen LogP contribution >= 0.6 is 0 Å². The first-order chi connectivity index (χ1) is 13.6. The predicted molar refractivity (Wildman–Crippen MR) is 111 cm³/mol. The van der Waals surface area contributed by atoms with Crippen molar-refractivity contribution in [1.82, 2.24) is 10.6 Å². The molecule has 0 amide bonds.